The first-order valence-electron chi connectivity index (χ1n) is 8.05. The fourth-order valence-electron chi connectivity index (χ4n) is 3.11. The minimum atomic E-state index is -0.484. The van der Waals surface area contributed by atoms with E-state index in [1.165, 1.54) is 12.1 Å². The van der Waals surface area contributed by atoms with Gasteiger partial charge >= 0.3 is 0 Å². The number of benzene rings is 1. The van der Waals surface area contributed by atoms with Crippen LogP contribution in [-0.2, 0) is 12.8 Å². The third-order valence-electron chi connectivity index (χ3n) is 4.27. The molecule has 2 atom stereocenters. The maximum atomic E-state index is 13.5. The van der Waals surface area contributed by atoms with Crippen molar-refractivity contribution in [1.82, 2.24) is 15.2 Å². The molecule has 6 heteroatoms. The van der Waals surface area contributed by atoms with Crippen molar-refractivity contribution in [2.24, 2.45) is 0 Å². The fraction of sp³-hybridized carbons (Fsp3) is 0.471. The molecule has 122 valence electrons. The molecule has 1 fully saturated rings. The number of anilines is 1. The maximum absolute atomic E-state index is 13.5. The summed E-state index contributed by atoms with van der Waals surface area (Å²) >= 11 is 0. The van der Waals surface area contributed by atoms with Gasteiger partial charge in [-0.05, 0) is 37.0 Å². The summed E-state index contributed by atoms with van der Waals surface area (Å²) in [6.07, 6.45) is 1.62. The van der Waals surface area contributed by atoms with Crippen molar-refractivity contribution >= 4 is 5.95 Å². The maximum Gasteiger partial charge on any atom is 0.246 e. The van der Waals surface area contributed by atoms with E-state index >= 15 is 0 Å². The van der Waals surface area contributed by atoms with Gasteiger partial charge in [-0.3, -0.25) is 0 Å². The lowest BCUT2D eigenvalue weighted by Crippen LogP contribution is -2.27. The number of rotatable bonds is 4. The lowest BCUT2D eigenvalue weighted by atomic mass is 10.0. The highest BCUT2D eigenvalue weighted by molar-refractivity contribution is 5.39. The number of hydrogen-bond acceptors (Lipinski definition) is 5. The van der Waals surface area contributed by atoms with Crippen LogP contribution in [0.5, 0.6) is 0 Å². The molecular formula is C17H21FN4O. The number of halogens is 1. The van der Waals surface area contributed by atoms with E-state index in [1.54, 1.807) is 6.07 Å². The third-order valence-corrected chi connectivity index (χ3v) is 4.27. The van der Waals surface area contributed by atoms with E-state index in [1.807, 2.05) is 24.8 Å². The molecule has 0 spiro atoms. The molecule has 1 aliphatic rings. The minimum Gasteiger partial charge on any atom is -0.391 e. The number of aromatic nitrogens is 3. The summed E-state index contributed by atoms with van der Waals surface area (Å²) < 4.78 is 13.5. The molecule has 0 unspecified atom stereocenters. The molecule has 1 aliphatic heterocycles. The van der Waals surface area contributed by atoms with E-state index in [0.717, 1.165) is 29.8 Å². The van der Waals surface area contributed by atoms with Crippen LogP contribution < -0.4 is 4.90 Å². The standard InChI is InChI=1S/C17H21FN4O/c1-3-14-15(4-2)20-21-17(19-14)22-10-13(23)9-16(22)11-6-5-7-12(18)8-11/h5-8,13,16,23H,3-4,9-10H2,1-2H3/t13-,16+/m0/s1. The van der Waals surface area contributed by atoms with Crippen molar-refractivity contribution in [3.8, 4) is 0 Å². The van der Waals surface area contributed by atoms with E-state index < -0.39 is 6.10 Å². The molecule has 0 amide bonds. The minimum absolute atomic E-state index is 0.139. The van der Waals surface area contributed by atoms with E-state index in [2.05, 4.69) is 15.2 Å². The Morgan fingerprint density at radius 1 is 1.22 bits per heavy atom. The van der Waals surface area contributed by atoms with Gasteiger partial charge in [0.05, 0.1) is 23.5 Å². The van der Waals surface area contributed by atoms with Gasteiger partial charge in [0.15, 0.2) is 0 Å². The number of nitrogens with zero attached hydrogens (tertiary/aromatic N) is 4. The number of aliphatic hydroxyl groups excluding tert-OH is 1. The summed E-state index contributed by atoms with van der Waals surface area (Å²) in [5, 5.41) is 18.6. The molecule has 0 saturated carbocycles. The highest BCUT2D eigenvalue weighted by Crippen LogP contribution is 2.34. The molecule has 5 nitrogen and oxygen atoms in total. The zero-order chi connectivity index (χ0) is 16.4. The van der Waals surface area contributed by atoms with Gasteiger partial charge in [-0.25, -0.2) is 9.37 Å². The molecule has 2 heterocycles. The van der Waals surface area contributed by atoms with Gasteiger partial charge < -0.3 is 10.0 Å². The zero-order valence-electron chi connectivity index (χ0n) is 13.4. The van der Waals surface area contributed by atoms with Crippen LogP contribution in [0.4, 0.5) is 10.3 Å². The summed E-state index contributed by atoms with van der Waals surface area (Å²) in [5.41, 5.74) is 2.65. The van der Waals surface area contributed by atoms with E-state index in [9.17, 15) is 9.50 Å². The van der Waals surface area contributed by atoms with Crippen LogP contribution in [0.25, 0.3) is 0 Å². The number of β-amino-alcohol motifs (C(OH)–C–C–N with tert-alkyl or cyclic N) is 1. The van der Waals surface area contributed by atoms with Crippen molar-refractivity contribution in [2.75, 3.05) is 11.4 Å². The average molecular weight is 316 g/mol. The first kappa shape index (κ1) is 15.8. The highest BCUT2D eigenvalue weighted by Gasteiger charge is 2.34. The van der Waals surface area contributed by atoms with E-state index in [0.29, 0.717) is 18.9 Å². The van der Waals surface area contributed by atoms with Crippen molar-refractivity contribution < 1.29 is 9.50 Å². The molecule has 1 saturated heterocycles. The monoisotopic (exact) mass is 316 g/mol. The Bertz CT molecular complexity index is 694. The lowest BCUT2D eigenvalue weighted by Gasteiger charge is -2.24. The molecule has 23 heavy (non-hydrogen) atoms. The van der Waals surface area contributed by atoms with Crippen molar-refractivity contribution in [3.05, 3.63) is 47.0 Å². The molecular weight excluding hydrogens is 295 g/mol. The van der Waals surface area contributed by atoms with Crippen LogP contribution in [0.2, 0.25) is 0 Å². The van der Waals surface area contributed by atoms with Crippen molar-refractivity contribution in [1.29, 1.82) is 0 Å². The highest BCUT2D eigenvalue weighted by atomic mass is 19.1. The fourth-order valence-corrected chi connectivity index (χ4v) is 3.11. The van der Waals surface area contributed by atoms with Crippen molar-refractivity contribution in [3.63, 3.8) is 0 Å². The van der Waals surface area contributed by atoms with Crippen LogP contribution in [0.1, 0.15) is 43.3 Å². The van der Waals surface area contributed by atoms with Gasteiger partial charge in [0.1, 0.15) is 5.82 Å². The van der Waals surface area contributed by atoms with Crippen LogP contribution in [0.3, 0.4) is 0 Å². The Morgan fingerprint density at radius 3 is 2.70 bits per heavy atom. The van der Waals surface area contributed by atoms with Gasteiger partial charge in [-0.2, -0.15) is 5.10 Å². The Kier molecular flexibility index (Phi) is 4.52. The Labute approximate surface area is 135 Å². The largest absolute Gasteiger partial charge is 0.391 e. The number of aryl methyl sites for hydroxylation is 2. The normalized spacial score (nSPS) is 21.0. The first-order valence-corrected chi connectivity index (χ1v) is 8.05. The zero-order valence-corrected chi connectivity index (χ0v) is 13.4. The summed E-state index contributed by atoms with van der Waals surface area (Å²) in [6.45, 7) is 4.49. The third kappa shape index (κ3) is 3.17. The molecule has 2 aromatic rings. The van der Waals surface area contributed by atoms with Gasteiger partial charge in [0, 0.05) is 6.54 Å². The topological polar surface area (TPSA) is 62.1 Å². The van der Waals surface area contributed by atoms with Crippen LogP contribution in [0, 0.1) is 5.82 Å². The van der Waals surface area contributed by atoms with Gasteiger partial charge in [-0.15, -0.1) is 5.10 Å². The summed E-state index contributed by atoms with van der Waals surface area (Å²) in [6, 6.07) is 6.34. The molecule has 0 aliphatic carbocycles. The number of aliphatic hydroxyl groups is 1. The second-order valence-corrected chi connectivity index (χ2v) is 5.82. The number of hydrogen-bond donors (Lipinski definition) is 1. The Morgan fingerprint density at radius 2 is 2.00 bits per heavy atom. The average Bonchev–Trinajstić information content (AvgIpc) is 2.96. The van der Waals surface area contributed by atoms with Gasteiger partial charge in [0.2, 0.25) is 5.95 Å². The van der Waals surface area contributed by atoms with E-state index in [-0.39, 0.29) is 11.9 Å². The van der Waals surface area contributed by atoms with Gasteiger partial charge in [-0.1, -0.05) is 26.0 Å². The quantitative estimate of drug-likeness (QED) is 0.939. The molecule has 0 radical (unpaired) electrons. The smallest absolute Gasteiger partial charge is 0.246 e. The SMILES string of the molecule is CCc1nnc(N2C[C@@H](O)C[C@@H]2c2cccc(F)c2)nc1CC. The second kappa shape index (κ2) is 6.58. The Hall–Kier alpha value is -2.08. The van der Waals surface area contributed by atoms with Crippen LogP contribution >= 0.6 is 0 Å². The summed E-state index contributed by atoms with van der Waals surface area (Å²) in [4.78, 5) is 6.55. The molecule has 1 aromatic carbocycles. The molecule has 1 aromatic heterocycles. The lowest BCUT2D eigenvalue weighted by molar-refractivity contribution is 0.194. The molecule has 3 rings (SSSR count). The molecule has 1 N–H and O–H groups in total. The van der Waals surface area contributed by atoms with Crippen LogP contribution in [0.15, 0.2) is 24.3 Å². The van der Waals surface area contributed by atoms with E-state index in [4.69, 9.17) is 0 Å². The van der Waals surface area contributed by atoms with Gasteiger partial charge in [0.25, 0.3) is 0 Å². The molecule has 0 bridgehead atoms. The Balaban J connectivity index is 1.96. The predicted molar refractivity (Wildman–Crippen MR) is 85.7 cm³/mol. The second-order valence-electron chi connectivity index (χ2n) is 5.82. The van der Waals surface area contributed by atoms with Crippen LogP contribution in [-0.4, -0.2) is 32.9 Å². The summed E-state index contributed by atoms with van der Waals surface area (Å²) in [7, 11) is 0. The summed E-state index contributed by atoms with van der Waals surface area (Å²) in [5.74, 6) is 0.225. The first-order chi connectivity index (χ1) is 11.1. The van der Waals surface area contributed by atoms with Crippen molar-refractivity contribution in [2.45, 2.75) is 45.3 Å². The predicted octanol–water partition coefficient (Wildman–Crippen LogP) is 2.45.